The van der Waals surface area contributed by atoms with Crippen molar-refractivity contribution >= 4 is 29.8 Å². The minimum atomic E-state index is -0.874. The van der Waals surface area contributed by atoms with Crippen molar-refractivity contribution in [2.24, 2.45) is 0 Å². The van der Waals surface area contributed by atoms with E-state index in [4.69, 9.17) is 18.9 Å². The van der Waals surface area contributed by atoms with Gasteiger partial charge in [-0.1, -0.05) is 24.3 Å². The number of rotatable bonds is 13. The van der Waals surface area contributed by atoms with Gasteiger partial charge in [0, 0.05) is 64.0 Å². The number of ether oxygens (including phenoxy) is 4. The van der Waals surface area contributed by atoms with Crippen molar-refractivity contribution in [2.75, 3.05) is 65.4 Å². The standard InChI is InChI=1S/C42H68N4O10/c1-39(2,3)53-35(49)27-43-19-20-44(28-36(50)54-40(4,5)6)23-24-46(30-38(52)56-42(10,11)12)33(25-32-15-13-31(14-16-32)17-18-34(47)48)26-45(22-21-43)29-37(51)55-41(7,8)9/h13-16,26H,17-25,27-30H2,1-12H3,(H,47,48)/b33-26-. The fourth-order valence-corrected chi connectivity index (χ4v) is 5.78. The van der Waals surface area contributed by atoms with Gasteiger partial charge in [-0.3, -0.25) is 33.8 Å². The lowest BCUT2D eigenvalue weighted by atomic mass is 10.0. The Labute approximate surface area is 334 Å². The number of nitrogens with zero attached hydrogens (tertiary/aromatic N) is 4. The second-order valence-corrected chi connectivity index (χ2v) is 18.3. The molecule has 0 saturated carbocycles. The highest BCUT2D eigenvalue weighted by molar-refractivity contribution is 5.74. The second kappa shape index (κ2) is 20.8. The summed E-state index contributed by atoms with van der Waals surface area (Å²) in [5.41, 5.74) is -0.349. The monoisotopic (exact) mass is 788 g/mol. The van der Waals surface area contributed by atoms with E-state index in [1.165, 1.54) is 0 Å². The van der Waals surface area contributed by atoms with Gasteiger partial charge in [-0.25, -0.2) is 0 Å². The Morgan fingerprint density at radius 3 is 1.34 bits per heavy atom. The Hall–Kier alpha value is -4.17. The van der Waals surface area contributed by atoms with Gasteiger partial charge in [0.1, 0.15) is 35.5 Å². The lowest BCUT2D eigenvalue weighted by Crippen LogP contribution is -2.48. The third-order valence-electron chi connectivity index (χ3n) is 7.93. The Morgan fingerprint density at radius 2 is 0.911 bits per heavy atom. The third-order valence-corrected chi connectivity index (χ3v) is 7.93. The van der Waals surface area contributed by atoms with Crippen LogP contribution in [0.25, 0.3) is 0 Å². The molecule has 0 atom stereocenters. The molecule has 0 aliphatic carbocycles. The van der Waals surface area contributed by atoms with E-state index in [-0.39, 0.29) is 32.6 Å². The minimum Gasteiger partial charge on any atom is -0.481 e. The Morgan fingerprint density at radius 1 is 0.536 bits per heavy atom. The van der Waals surface area contributed by atoms with Crippen molar-refractivity contribution in [3.63, 3.8) is 0 Å². The molecule has 14 nitrogen and oxygen atoms in total. The molecule has 0 fully saturated rings. The summed E-state index contributed by atoms with van der Waals surface area (Å²) in [4.78, 5) is 71.9. The van der Waals surface area contributed by atoms with E-state index in [0.29, 0.717) is 57.8 Å². The zero-order valence-corrected chi connectivity index (χ0v) is 36.0. The SMILES string of the molecule is CC(C)(C)OC(=O)CN1/C=C(/Cc2ccc(CCC(=O)O)cc2)N(CC(=O)OC(C)(C)C)CCN(CC(=O)OC(C)(C)C)CCN(CC(=O)OC(C)(C)C)CC1. The molecule has 1 aliphatic heterocycles. The average Bonchev–Trinajstić information content (AvgIpc) is 2.98. The van der Waals surface area contributed by atoms with Gasteiger partial charge in [0.15, 0.2) is 0 Å². The predicted octanol–water partition coefficient (Wildman–Crippen LogP) is 4.68. The molecule has 14 heteroatoms. The van der Waals surface area contributed by atoms with E-state index in [2.05, 4.69) is 0 Å². The van der Waals surface area contributed by atoms with Crippen molar-refractivity contribution in [1.29, 1.82) is 0 Å². The Kier molecular flexibility index (Phi) is 17.9. The maximum absolute atomic E-state index is 13.5. The number of carboxylic acids is 1. The molecule has 0 aromatic heterocycles. The van der Waals surface area contributed by atoms with Crippen LogP contribution in [0.15, 0.2) is 36.2 Å². The molecule has 2 rings (SSSR count). The first kappa shape index (κ1) is 48.0. The summed E-state index contributed by atoms with van der Waals surface area (Å²) in [6.45, 7) is 23.6. The summed E-state index contributed by atoms with van der Waals surface area (Å²) in [6, 6.07) is 7.63. The van der Waals surface area contributed by atoms with Crippen molar-refractivity contribution in [1.82, 2.24) is 19.6 Å². The van der Waals surface area contributed by atoms with Crippen LogP contribution in [-0.4, -0.2) is 142 Å². The number of hydrogen-bond donors (Lipinski definition) is 1. The predicted molar refractivity (Wildman–Crippen MR) is 214 cm³/mol. The van der Waals surface area contributed by atoms with Crippen LogP contribution < -0.4 is 0 Å². The smallest absolute Gasteiger partial charge is 0.326 e. The van der Waals surface area contributed by atoms with Gasteiger partial charge >= 0.3 is 29.8 Å². The number of carbonyl (C=O) groups excluding carboxylic acids is 4. The zero-order valence-electron chi connectivity index (χ0n) is 36.0. The molecule has 1 N–H and O–H groups in total. The number of aliphatic carboxylic acids is 1. The number of aryl methyl sites for hydroxylation is 1. The number of allylic oxidation sites excluding steroid dienone is 1. The lowest BCUT2D eigenvalue weighted by molar-refractivity contribution is -0.158. The van der Waals surface area contributed by atoms with Gasteiger partial charge in [-0.15, -0.1) is 0 Å². The molecule has 0 radical (unpaired) electrons. The molecule has 1 heterocycles. The van der Waals surface area contributed by atoms with Crippen LogP contribution in [0, 0.1) is 0 Å². The molecule has 0 saturated heterocycles. The highest BCUT2D eigenvalue weighted by Gasteiger charge is 2.27. The molecule has 0 unspecified atom stereocenters. The van der Waals surface area contributed by atoms with E-state index in [1.54, 1.807) is 41.5 Å². The maximum Gasteiger partial charge on any atom is 0.326 e. The highest BCUT2D eigenvalue weighted by Crippen LogP contribution is 2.19. The summed E-state index contributed by atoms with van der Waals surface area (Å²) < 4.78 is 22.8. The molecular weight excluding hydrogens is 720 g/mol. The number of hydrogen-bond acceptors (Lipinski definition) is 13. The molecule has 1 aromatic carbocycles. The van der Waals surface area contributed by atoms with Crippen molar-refractivity contribution < 1.29 is 48.0 Å². The molecule has 0 amide bonds. The van der Waals surface area contributed by atoms with Crippen LogP contribution in [0.1, 0.15) is 101 Å². The topological polar surface area (TPSA) is 155 Å². The van der Waals surface area contributed by atoms with Crippen LogP contribution in [0.5, 0.6) is 0 Å². The molecule has 1 aromatic rings. The maximum atomic E-state index is 13.5. The molecular formula is C42H68N4O10. The fourth-order valence-electron chi connectivity index (χ4n) is 5.78. The first-order valence-electron chi connectivity index (χ1n) is 19.5. The van der Waals surface area contributed by atoms with Crippen LogP contribution >= 0.6 is 0 Å². The first-order chi connectivity index (χ1) is 25.6. The van der Waals surface area contributed by atoms with Crippen molar-refractivity contribution in [3.8, 4) is 0 Å². The molecule has 0 spiro atoms. The van der Waals surface area contributed by atoms with Crippen molar-refractivity contribution in [2.45, 2.75) is 125 Å². The zero-order chi connectivity index (χ0) is 42.5. The molecule has 0 bridgehead atoms. The number of carbonyl (C=O) groups is 5. The molecule has 56 heavy (non-hydrogen) atoms. The first-order valence-corrected chi connectivity index (χ1v) is 19.5. The summed E-state index contributed by atoms with van der Waals surface area (Å²) >= 11 is 0. The van der Waals surface area contributed by atoms with E-state index < -0.39 is 52.3 Å². The van der Waals surface area contributed by atoms with Gasteiger partial charge in [0.05, 0.1) is 13.1 Å². The second-order valence-electron chi connectivity index (χ2n) is 18.3. The van der Waals surface area contributed by atoms with E-state index in [1.807, 2.05) is 91.6 Å². The van der Waals surface area contributed by atoms with Gasteiger partial charge in [0.25, 0.3) is 0 Å². The van der Waals surface area contributed by atoms with Crippen LogP contribution in [0.3, 0.4) is 0 Å². The summed E-state index contributed by atoms with van der Waals surface area (Å²) in [6.07, 6.45) is 2.61. The van der Waals surface area contributed by atoms with Crippen LogP contribution in [-0.2, 0) is 55.8 Å². The normalized spacial score (nSPS) is 16.8. The molecule has 316 valence electrons. The quantitative estimate of drug-likeness (QED) is 0.217. The highest BCUT2D eigenvalue weighted by atomic mass is 16.6. The van der Waals surface area contributed by atoms with Crippen molar-refractivity contribution in [3.05, 3.63) is 47.3 Å². The average molecular weight is 789 g/mol. The largest absolute Gasteiger partial charge is 0.481 e. The lowest BCUT2D eigenvalue weighted by Gasteiger charge is -2.35. The van der Waals surface area contributed by atoms with Crippen LogP contribution in [0.2, 0.25) is 0 Å². The number of carboxylic acid groups (broad SMARTS) is 1. The number of benzene rings is 1. The van der Waals surface area contributed by atoms with E-state index in [9.17, 15) is 29.1 Å². The Bertz CT molecular complexity index is 1500. The summed E-state index contributed by atoms with van der Waals surface area (Å²) in [7, 11) is 0. The van der Waals surface area contributed by atoms with Crippen LogP contribution in [0.4, 0.5) is 0 Å². The Balaban J connectivity index is 2.70. The minimum absolute atomic E-state index is 0.00656. The van der Waals surface area contributed by atoms with Gasteiger partial charge in [-0.2, -0.15) is 0 Å². The fraction of sp³-hybridized carbons (Fsp3) is 0.690. The van der Waals surface area contributed by atoms with E-state index >= 15 is 0 Å². The third kappa shape index (κ3) is 21.8. The summed E-state index contributed by atoms with van der Waals surface area (Å²) in [5, 5.41) is 9.17. The molecule has 1 aliphatic rings. The van der Waals surface area contributed by atoms with Gasteiger partial charge < -0.3 is 33.9 Å². The summed E-state index contributed by atoms with van der Waals surface area (Å²) in [5.74, 6) is -2.55. The number of esters is 4. The van der Waals surface area contributed by atoms with Gasteiger partial charge in [0.2, 0.25) is 0 Å². The van der Waals surface area contributed by atoms with Gasteiger partial charge in [-0.05, 0) is 101 Å². The van der Waals surface area contributed by atoms with E-state index in [0.717, 1.165) is 11.1 Å².